The first kappa shape index (κ1) is 41.1. The lowest BCUT2D eigenvalue weighted by Gasteiger charge is -2.09. The maximum absolute atomic E-state index is 10.7. The van der Waals surface area contributed by atoms with Crippen LogP contribution in [0.4, 0.5) is 0 Å². The van der Waals surface area contributed by atoms with Crippen LogP contribution in [0.25, 0.3) is 90.9 Å². The van der Waals surface area contributed by atoms with E-state index in [0.717, 1.165) is 127 Å². The molecule has 5 heterocycles. The Kier molecular flexibility index (Phi) is 12.8. The fourth-order valence-electron chi connectivity index (χ4n) is 8.76. The number of carboxylic acid groups (broad SMARTS) is 1. The number of ether oxygens (including phenoxy) is 1. The maximum Gasteiger partial charge on any atom is 0.303 e. The van der Waals surface area contributed by atoms with Crippen molar-refractivity contribution in [1.82, 2.24) is 19.9 Å². The van der Waals surface area contributed by atoms with Gasteiger partial charge < -0.3 is 19.8 Å². The van der Waals surface area contributed by atoms with Gasteiger partial charge in [0.15, 0.2) is 0 Å². The maximum atomic E-state index is 10.7. The van der Waals surface area contributed by atoms with Crippen molar-refractivity contribution < 1.29 is 14.6 Å². The molecule has 0 amide bonds. The molecule has 0 atom stereocenters. The molecule has 0 radical (unpaired) electrons. The summed E-state index contributed by atoms with van der Waals surface area (Å²) in [6.45, 7) is 0.678. The molecular weight excluding hydrogens is 777 g/mol. The van der Waals surface area contributed by atoms with E-state index in [0.29, 0.717) is 6.61 Å². The van der Waals surface area contributed by atoms with Crippen LogP contribution in [0.3, 0.4) is 0 Å². The number of hydrogen-bond donors (Lipinski definition) is 3. The first-order valence-electron chi connectivity index (χ1n) is 22.4. The van der Waals surface area contributed by atoms with E-state index in [1.807, 2.05) is 18.2 Å². The standard InChI is InChI=1S/C56H52N4O3/c61-52(62)25-17-6-4-2-1-3-5-7-18-38-63-43-28-26-42(27-29-43)56-50-36-34-48(59-50)54(40-21-13-9-14-22-40)46-32-30-44(57-46)53(39-19-11-8-12-20-39)45-31-33-47(58-45)55(41-23-15-10-16-24-41)49-35-37-51(56)60-49/h8-16,19-24,26-37,57,60H,1-7,17-18,25,38H2,(H,61,62). The highest BCUT2D eigenvalue weighted by Gasteiger charge is 2.19. The average molecular weight is 829 g/mol. The monoisotopic (exact) mass is 828 g/mol. The van der Waals surface area contributed by atoms with Crippen molar-refractivity contribution in [1.29, 1.82) is 0 Å². The van der Waals surface area contributed by atoms with Crippen molar-refractivity contribution >= 4 is 52.3 Å². The molecule has 0 unspecified atom stereocenters. The molecule has 2 aliphatic rings. The number of nitrogens with one attached hydrogen (secondary N) is 2. The first-order chi connectivity index (χ1) is 31.1. The fourth-order valence-corrected chi connectivity index (χ4v) is 8.76. The van der Waals surface area contributed by atoms with Crippen LogP contribution in [0.5, 0.6) is 5.75 Å². The van der Waals surface area contributed by atoms with E-state index in [9.17, 15) is 4.79 Å². The summed E-state index contributed by atoms with van der Waals surface area (Å²) in [4.78, 5) is 29.2. The molecule has 0 spiro atoms. The lowest BCUT2D eigenvalue weighted by atomic mass is 10.0. The van der Waals surface area contributed by atoms with E-state index < -0.39 is 5.97 Å². The highest BCUT2D eigenvalue weighted by molar-refractivity contribution is 5.99. The summed E-state index contributed by atoms with van der Waals surface area (Å²) in [6, 6.07) is 48.5. The molecule has 4 aromatic carbocycles. The van der Waals surface area contributed by atoms with Gasteiger partial charge in [0, 0.05) is 50.7 Å². The van der Waals surface area contributed by atoms with Crippen LogP contribution in [0.2, 0.25) is 0 Å². The second kappa shape index (κ2) is 19.6. The molecule has 2 aliphatic heterocycles. The van der Waals surface area contributed by atoms with Gasteiger partial charge in [-0.25, -0.2) is 9.97 Å². The Balaban J connectivity index is 1.10. The van der Waals surface area contributed by atoms with Gasteiger partial charge in [0.1, 0.15) is 5.75 Å². The van der Waals surface area contributed by atoms with E-state index in [-0.39, 0.29) is 6.42 Å². The topological polar surface area (TPSA) is 104 Å². The number of carbonyl (C=O) groups is 1. The summed E-state index contributed by atoms with van der Waals surface area (Å²) in [5, 5.41) is 8.81. The van der Waals surface area contributed by atoms with Gasteiger partial charge in [-0.3, -0.25) is 4.79 Å². The number of H-pyrrole nitrogens is 2. The summed E-state index contributed by atoms with van der Waals surface area (Å²) < 4.78 is 6.25. The minimum atomic E-state index is -0.694. The average Bonchev–Trinajstić information content (AvgIpc) is 4.17. The third-order valence-electron chi connectivity index (χ3n) is 11.9. The fraction of sp³-hybridized carbons (Fsp3) is 0.196. The molecule has 314 valence electrons. The first-order valence-corrected chi connectivity index (χ1v) is 22.4. The second-order valence-electron chi connectivity index (χ2n) is 16.3. The quantitative estimate of drug-likeness (QED) is 0.0793. The zero-order valence-electron chi connectivity index (χ0n) is 35.5. The number of aromatic nitrogens is 4. The predicted octanol–water partition coefficient (Wildman–Crippen LogP) is 14.7. The predicted molar refractivity (Wildman–Crippen MR) is 260 cm³/mol. The number of rotatable bonds is 17. The number of hydrogen-bond acceptors (Lipinski definition) is 4. The lowest BCUT2D eigenvalue weighted by molar-refractivity contribution is -0.137. The van der Waals surface area contributed by atoms with Gasteiger partial charge in [0.2, 0.25) is 0 Å². The Bertz CT molecular complexity index is 2870. The third-order valence-corrected chi connectivity index (χ3v) is 11.9. The summed E-state index contributed by atoms with van der Waals surface area (Å²) in [6.07, 6.45) is 18.7. The van der Waals surface area contributed by atoms with Gasteiger partial charge >= 0.3 is 5.97 Å². The van der Waals surface area contributed by atoms with E-state index in [4.69, 9.17) is 19.8 Å². The van der Waals surface area contributed by atoms with Gasteiger partial charge in [0.05, 0.1) is 29.4 Å². The zero-order valence-corrected chi connectivity index (χ0v) is 35.5. The Morgan fingerprint density at radius 1 is 0.413 bits per heavy atom. The number of aliphatic carboxylic acids is 1. The number of benzene rings is 4. The summed E-state index contributed by atoms with van der Waals surface area (Å²) in [5.74, 6) is 0.157. The highest BCUT2D eigenvalue weighted by Crippen LogP contribution is 2.38. The molecular formula is C56H52N4O3. The molecule has 7 heteroatoms. The Morgan fingerprint density at radius 3 is 1.11 bits per heavy atom. The Labute approximate surface area is 368 Å². The highest BCUT2D eigenvalue weighted by atomic mass is 16.5. The summed E-state index contributed by atoms with van der Waals surface area (Å²) >= 11 is 0. The molecule has 0 fully saturated rings. The minimum Gasteiger partial charge on any atom is -0.494 e. The second-order valence-corrected chi connectivity index (χ2v) is 16.3. The van der Waals surface area contributed by atoms with Crippen molar-refractivity contribution in [3.8, 4) is 50.3 Å². The number of carboxylic acids is 1. The molecule has 0 saturated heterocycles. The van der Waals surface area contributed by atoms with Crippen LogP contribution in [-0.4, -0.2) is 37.6 Å². The number of aromatic amines is 2. The van der Waals surface area contributed by atoms with E-state index in [1.165, 1.54) is 25.7 Å². The van der Waals surface area contributed by atoms with E-state index >= 15 is 0 Å². The van der Waals surface area contributed by atoms with Crippen molar-refractivity contribution in [3.63, 3.8) is 0 Å². The minimum absolute atomic E-state index is 0.284. The normalized spacial score (nSPS) is 11.9. The van der Waals surface area contributed by atoms with Crippen LogP contribution >= 0.6 is 0 Å². The van der Waals surface area contributed by atoms with Crippen molar-refractivity contribution in [2.75, 3.05) is 6.61 Å². The van der Waals surface area contributed by atoms with Crippen molar-refractivity contribution in [2.45, 2.75) is 64.2 Å². The number of fused-ring (bicyclic) bond motifs is 8. The Morgan fingerprint density at radius 2 is 0.746 bits per heavy atom. The van der Waals surface area contributed by atoms with E-state index in [1.54, 1.807) is 0 Å². The smallest absolute Gasteiger partial charge is 0.303 e. The molecule has 3 aromatic heterocycles. The summed E-state index contributed by atoms with van der Waals surface area (Å²) in [5.41, 5.74) is 15.7. The number of nitrogens with zero attached hydrogens (tertiary/aromatic N) is 2. The van der Waals surface area contributed by atoms with Gasteiger partial charge in [-0.15, -0.1) is 0 Å². The Hall–Kier alpha value is -7.25. The van der Waals surface area contributed by atoms with Crippen LogP contribution in [0.1, 0.15) is 87.0 Å². The van der Waals surface area contributed by atoms with Gasteiger partial charge in [-0.2, -0.15) is 0 Å². The van der Waals surface area contributed by atoms with Crippen molar-refractivity contribution in [2.24, 2.45) is 0 Å². The third kappa shape index (κ3) is 9.63. The molecule has 8 bridgehead atoms. The largest absolute Gasteiger partial charge is 0.494 e. The molecule has 7 nitrogen and oxygen atoms in total. The van der Waals surface area contributed by atoms with Gasteiger partial charge in [-0.1, -0.05) is 148 Å². The molecule has 7 aromatic rings. The zero-order chi connectivity index (χ0) is 42.8. The molecule has 3 N–H and O–H groups in total. The molecule has 0 saturated carbocycles. The van der Waals surface area contributed by atoms with E-state index in [2.05, 4.69) is 156 Å². The van der Waals surface area contributed by atoms with Gasteiger partial charge in [0.25, 0.3) is 0 Å². The lowest BCUT2D eigenvalue weighted by Crippen LogP contribution is -1.97. The van der Waals surface area contributed by atoms with Crippen molar-refractivity contribution in [3.05, 3.63) is 162 Å². The van der Waals surface area contributed by atoms with Crippen LogP contribution < -0.4 is 4.74 Å². The SMILES string of the molecule is O=C(O)CCCCCCCCCCCOc1ccc(-c2c3nc(c(-c4ccccc4)c4ccc([nH]4)c(-c4ccccc4)c4nc(c(-c5ccccc5)c5ccc2[nH]5)C=C4)C=C3)cc1. The number of unbranched alkanes of at least 4 members (excludes halogenated alkanes) is 8. The van der Waals surface area contributed by atoms with Crippen LogP contribution in [-0.2, 0) is 4.79 Å². The van der Waals surface area contributed by atoms with Crippen LogP contribution in [0.15, 0.2) is 140 Å². The molecule has 0 aliphatic carbocycles. The van der Waals surface area contributed by atoms with Crippen LogP contribution in [0, 0.1) is 0 Å². The van der Waals surface area contributed by atoms with Gasteiger partial charge in [-0.05, 0) is 95.8 Å². The molecule has 63 heavy (non-hydrogen) atoms. The molecule has 9 rings (SSSR count). The summed E-state index contributed by atoms with van der Waals surface area (Å²) in [7, 11) is 0.